The van der Waals surface area contributed by atoms with Gasteiger partial charge in [0.15, 0.2) is 0 Å². The SMILES string of the molecule is CNC(=O)c1ccccc1NC(=O)c1cc(C(F)(F)F)cc(C(F)(F)F)c1. The van der Waals surface area contributed by atoms with Gasteiger partial charge in [-0.1, -0.05) is 12.1 Å². The average Bonchev–Trinajstić information content (AvgIpc) is 2.59. The molecule has 0 heterocycles. The molecule has 0 saturated heterocycles. The van der Waals surface area contributed by atoms with Crippen LogP contribution in [0, 0.1) is 0 Å². The molecule has 0 spiro atoms. The van der Waals surface area contributed by atoms with Gasteiger partial charge in [0.1, 0.15) is 0 Å². The lowest BCUT2D eigenvalue weighted by Crippen LogP contribution is -2.22. The summed E-state index contributed by atoms with van der Waals surface area (Å²) >= 11 is 0. The first-order chi connectivity index (χ1) is 12.4. The Labute approximate surface area is 149 Å². The fraction of sp³-hybridized carbons (Fsp3) is 0.176. The fourth-order valence-electron chi connectivity index (χ4n) is 2.21. The highest BCUT2D eigenvalue weighted by molar-refractivity contribution is 6.09. The number of anilines is 1. The van der Waals surface area contributed by atoms with E-state index in [-0.39, 0.29) is 17.3 Å². The minimum absolute atomic E-state index is 0.00336. The molecule has 0 atom stereocenters. The number of carbonyl (C=O) groups excluding carboxylic acids is 2. The molecule has 0 fully saturated rings. The maximum atomic E-state index is 12.9. The van der Waals surface area contributed by atoms with Crippen LogP contribution in [-0.4, -0.2) is 18.9 Å². The molecule has 2 N–H and O–H groups in total. The second-order valence-electron chi connectivity index (χ2n) is 5.37. The summed E-state index contributed by atoms with van der Waals surface area (Å²) in [6.07, 6.45) is -10.1. The van der Waals surface area contributed by atoms with Crippen LogP contribution in [0.25, 0.3) is 0 Å². The van der Waals surface area contributed by atoms with Crippen molar-refractivity contribution in [2.24, 2.45) is 0 Å². The Morgan fingerprint density at radius 1 is 0.815 bits per heavy atom. The highest BCUT2D eigenvalue weighted by Gasteiger charge is 2.37. The first-order valence-electron chi connectivity index (χ1n) is 7.35. The number of alkyl halides is 6. The molecule has 0 aliphatic carbocycles. The zero-order valence-corrected chi connectivity index (χ0v) is 13.6. The van der Waals surface area contributed by atoms with Crippen LogP contribution in [0.4, 0.5) is 32.0 Å². The van der Waals surface area contributed by atoms with E-state index >= 15 is 0 Å². The number of halogens is 6. The standard InChI is InChI=1S/C17H12F6N2O2/c1-24-15(27)12-4-2-3-5-13(12)25-14(26)9-6-10(16(18,19)20)8-11(7-9)17(21,22)23/h2-8H,1H3,(H,24,27)(H,25,26). The predicted molar refractivity (Wildman–Crippen MR) is 84.2 cm³/mol. The van der Waals surface area contributed by atoms with Crippen molar-refractivity contribution in [2.75, 3.05) is 12.4 Å². The minimum Gasteiger partial charge on any atom is -0.355 e. The Balaban J connectivity index is 2.47. The van der Waals surface area contributed by atoms with Crippen LogP contribution in [0.3, 0.4) is 0 Å². The van der Waals surface area contributed by atoms with Gasteiger partial charge in [0.25, 0.3) is 11.8 Å². The van der Waals surface area contributed by atoms with Crippen LogP contribution in [0.5, 0.6) is 0 Å². The number of carbonyl (C=O) groups is 2. The molecular formula is C17H12F6N2O2. The second-order valence-corrected chi connectivity index (χ2v) is 5.37. The smallest absolute Gasteiger partial charge is 0.355 e. The van der Waals surface area contributed by atoms with Gasteiger partial charge in [-0.2, -0.15) is 26.3 Å². The van der Waals surface area contributed by atoms with E-state index in [2.05, 4.69) is 10.6 Å². The quantitative estimate of drug-likeness (QED) is 0.767. The van der Waals surface area contributed by atoms with E-state index in [1.54, 1.807) is 0 Å². The molecule has 144 valence electrons. The first kappa shape index (κ1) is 20.3. The Bertz CT molecular complexity index is 842. The summed E-state index contributed by atoms with van der Waals surface area (Å²) in [5.74, 6) is -1.81. The largest absolute Gasteiger partial charge is 0.416 e. The Morgan fingerprint density at radius 2 is 1.33 bits per heavy atom. The monoisotopic (exact) mass is 390 g/mol. The molecule has 0 radical (unpaired) electrons. The molecule has 0 unspecified atom stereocenters. The maximum Gasteiger partial charge on any atom is 0.416 e. The van der Waals surface area contributed by atoms with Gasteiger partial charge in [0.2, 0.25) is 0 Å². The Kier molecular flexibility index (Phi) is 5.48. The van der Waals surface area contributed by atoms with Gasteiger partial charge in [-0.25, -0.2) is 0 Å². The van der Waals surface area contributed by atoms with Gasteiger partial charge < -0.3 is 10.6 Å². The maximum absolute atomic E-state index is 12.9. The topological polar surface area (TPSA) is 58.2 Å². The zero-order valence-electron chi connectivity index (χ0n) is 13.6. The average molecular weight is 390 g/mol. The lowest BCUT2D eigenvalue weighted by Gasteiger charge is -2.15. The van der Waals surface area contributed by atoms with Crippen molar-refractivity contribution in [3.63, 3.8) is 0 Å². The van der Waals surface area contributed by atoms with E-state index in [9.17, 15) is 35.9 Å². The number of amides is 2. The predicted octanol–water partition coefficient (Wildman–Crippen LogP) is 4.34. The van der Waals surface area contributed by atoms with E-state index in [1.165, 1.54) is 31.3 Å². The van der Waals surface area contributed by atoms with Crippen molar-refractivity contribution in [1.29, 1.82) is 0 Å². The molecule has 0 bridgehead atoms. The lowest BCUT2D eigenvalue weighted by molar-refractivity contribution is -0.143. The molecule has 0 saturated carbocycles. The summed E-state index contributed by atoms with van der Waals surface area (Å²) in [6, 6.07) is 6.10. The van der Waals surface area contributed by atoms with Crippen molar-refractivity contribution in [1.82, 2.24) is 5.32 Å². The van der Waals surface area contributed by atoms with Crippen molar-refractivity contribution < 1.29 is 35.9 Å². The molecule has 0 aliphatic heterocycles. The van der Waals surface area contributed by atoms with Gasteiger partial charge in [-0.05, 0) is 30.3 Å². The number of hydrogen-bond acceptors (Lipinski definition) is 2. The molecule has 2 rings (SSSR count). The summed E-state index contributed by atoms with van der Waals surface area (Å²) in [6.45, 7) is 0. The van der Waals surface area contributed by atoms with Crippen molar-refractivity contribution >= 4 is 17.5 Å². The minimum atomic E-state index is -5.07. The Hall–Kier alpha value is -3.04. The lowest BCUT2D eigenvalue weighted by atomic mass is 10.0. The second kappa shape index (κ2) is 7.29. The van der Waals surface area contributed by atoms with Crippen molar-refractivity contribution in [2.45, 2.75) is 12.4 Å². The van der Waals surface area contributed by atoms with Crippen LogP contribution in [-0.2, 0) is 12.4 Å². The van der Waals surface area contributed by atoms with E-state index in [1.807, 2.05) is 0 Å². The summed E-state index contributed by atoms with van der Waals surface area (Å²) in [5.41, 5.74) is -4.13. The highest BCUT2D eigenvalue weighted by Crippen LogP contribution is 2.36. The van der Waals surface area contributed by atoms with Crippen LogP contribution < -0.4 is 10.6 Å². The van der Waals surface area contributed by atoms with Crippen LogP contribution in [0.1, 0.15) is 31.8 Å². The number of nitrogens with one attached hydrogen (secondary N) is 2. The molecule has 10 heteroatoms. The van der Waals surface area contributed by atoms with Gasteiger partial charge in [-0.3, -0.25) is 9.59 Å². The number of hydrogen-bond donors (Lipinski definition) is 2. The molecule has 27 heavy (non-hydrogen) atoms. The third kappa shape index (κ3) is 4.78. The zero-order chi connectivity index (χ0) is 20.4. The third-order valence-corrected chi connectivity index (χ3v) is 3.50. The highest BCUT2D eigenvalue weighted by atomic mass is 19.4. The van der Waals surface area contributed by atoms with Crippen LogP contribution in [0.15, 0.2) is 42.5 Å². The van der Waals surface area contributed by atoms with E-state index < -0.39 is 40.9 Å². The molecule has 2 amide bonds. The third-order valence-electron chi connectivity index (χ3n) is 3.50. The summed E-state index contributed by atoms with van der Waals surface area (Å²) in [4.78, 5) is 24.0. The van der Waals surface area contributed by atoms with E-state index in [4.69, 9.17) is 0 Å². The van der Waals surface area contributed by atoms with Gasteiger partial charge in [-0.15, -0.1) is 0 Å². The summed E-state index contributed by atoms with van der Waals surface area (Å²) in [5, 5.41) is 4.47. The van der Waals surface area contributed by atoms with Crippen LogP contribution >= 0.6 is 0 Å². The van der Waals surface area contributed by atoms with E-state index in [0.29, 0.717) is 12.1 Å². The van der Waals surface area contributed by atoms with Crippen molar-refractivity contribution in [3.05, 3.63) is 64.7 Å². The molecular weight excluding hydrogens is 378 g/mol. The molecule has 2 aromatic carbocycles. The van der Waals surface area contributed by atoms with Gasteiger partial charge in [0, 0.05) is 12.6 Å². The molecule has 4 nitrogen and oxygen atoms in total. The Morgan fingerprint density at radius 3 is 1.81 bits per heavy atom. The summed E-state index contributed by atoms with van der Waals surface area (Å²) in [7, 11) is 1.32. The van der Waals surface area contributed by atoms with E-state index in [0.717, 1.165) is 0 Å². The normalized spacial score (nSPS) is 11.8. The number of rotatable bonds is 3. The first-order valence-corrected chi connectivity index (χ1v) is 7.35. The molecule has 0 aliphatic rings. The number of benzene rings is 2. The molecule has 2 aromatic rings. The number of para-hydroxylation sites is 1. The van der Waals surface area contributed by atoms with Gasteiger partial charge >= 0.3 is 12.4 Å². The van der Waals surface area contributed by atoms with Crippen molar-refractivity contribution in [3.8, 4) is 0 Å². The fourth-order valence-corrected chi connectivity index (χ4v) is 2.21. The summed E-state index contributed by atoms with van der Waals surface area (Å²) < 4.78 is 77.3. The van der Waals surface area contributed by atoms with Crippen LogP contribution in [0.2, 0.25) is 0 Å². The van der Waals surface area contributed by atoms with Gasteiger partial charge in [0.05, 0.1) is 22.4 Å². The molecule has 0 aromatic heterocycles.